The number of anilines is 3. The van der Waals surface area contributed by atoms with Crippen LogP contribution in [0, 0.1) is 17.8 Å². The number of rotatable bonds is 7. The molecule has 0 radical (unpaired) electrons. The van der Waals surface area contributed by atoms with Gasteiger partial charge in [-0.15, -0.1) is 0 Å². The highest BCUT2D eigenvalue weighted by Crippen LogP contribution is 2.49. The first-order valence-electron chi connectivity index (χ1n) is 10.4. The van der Waals surface area contributed by atoms with Gasteiger partial charge in [0.2, 0.25) is 11.9 Å². The molecule has 1 aliphatic carbocycles. The number of piperidine rings is 1. The van der Waals surface area contributed by atoms with Crippen molar-refractivity contribution in [2.75, 3.05) is 35.2 Å². The van der Waals surface area contributed by atoms with Gasteiger partial charge in [0.1, 0.15) is 0 Å². The van der Waals surface area contributed by atoms with Gasteiger partial charge in [0.15, 0.2) is 0 Å². The van der Waals surface area contributed by atoms with Crippen molar-refractivity contribution in [2.45, 2.75) is 32.6 Å². The zero-order chi connectivity index (χ0) is 20.2. The standard InChI is InChI=1S/C22H28ClN5O/c1-15(29)27-20-4-2-19(3-5-20)24-9-6-17-12-21(17)16-7-10-28(11-8-16)22-25-13-18(23)14-26-22/h2-5,13-14,16-17,21,24H,6-12H2,1H3,(H,27,29)/t17-,21-/m1/s1. The van der Waals surface area contributed by atoms with E-state index < -0.39 is 0 Å². The van der Waals surface area contributed by atoms with E-state index in [9.17, 15) is 4.79 Å². The Labute approximate surface area is 177 Å². The fourth-order valence-electron chi connectivity index (χ4n) is 4.45. The molecule has 1 aromatic carbocycles. The fourth-order valence-corrected chi connectivity index (χ4v) is 4.55. The van der Waals surface area contributed by atoms with Crippen molar-refractivity contribution in [2.24, 2.45) is 17.8 Å². The van der Waals surface area contributed by atoms with Gasteiger partial charge >= 0.3 is 0 Å². The van der Waals surface area contributed by atoms with Gasteiger partial charge in [0, 0.05) is 37.9 Å². The Bertz CT molecular complexity index is 818. The Balaban J connectivity index is 1.16. The van der Waals surface area contributed by atoms with Gasteiger partial charge in [0.25, 0.3) is 0 Å². The second-order valence-corrected chi connectivity index (χ2v) is 8.60. The normalized spacial score (nSPS) is 21.7. The van der Waals surface area contributed by atoms with Gasteiger partial charge < -0.3 is 15.5 Å². The van der Waals surface area contributed by atoms with Crippen molar-refractivity contribution in [3.8, 4) is 0 Å². The predicted octanol–water partition coefficient (Wildman–Crippen LogP) is 4.44. The van der Waals surface area contributed by atoms with Crippen molar-refractivity contribution in [3.63, 3.8) is 0 Å². The second kappa shape index (κ2) is 8.99. The van der Waals surface area contributed by atoms with Crippen LogP contribution in [-0.4, -0.2) is 35.5 Å². The summed E-state index contributed by atoms with van der Waals surface area (Å²) in [6, 6.07) is 7.90. The predicted molar refractivity (Wildman–Crippen MR) is 117 cm³/mol. The molecule has 1 saturated heterocycles. The third-order valence-electron chi connectivity index (χ3n) is 6.06. The molecule has 7 heteroatoms. The van der Waals surface area contributed by atoms with E-state index in [1.54, 1.807) is 12.4 Å². The van der Waals surface area contributed by atoms with Gasteiger partial charge in [-0.25, -0.2) is 9.97 Å². The highest BCUT2D eigenvalue weighted by atomic mass is 35.5. The smallest absolute Gasteiger partial charge is 0.225 e. The van der Waals surface area contributed by atoms with E-state index in [1.807, 2.05) is 24.3 Å². The zero-order valence-corrected chi connectivity index (χ0v) is 17.5. The van der Waals surface area contributed by atoms with E-state index in [-0.39, 0.29) is 5.91 Å². The number of carbonyl (C=O) groups is 1. The first kappa shape index (κ1) is 20.0. The van der Waals surface area contributed by atoms with Crippen LogP contribution < -0.4 is 15.5 Å². The fraction of sp³-hybridized carbons (Fsp3) is 0.500. The number of benzene rings is 1. The van der Waals surface area contributed by atoms with Crippen LogP contribution in [0.25, 0.3) is 0 Å². The molecule has 6 nitrogen and oxygen atoms in total. The van der Waals surface area contributed by atoms with E-state index in [1.165, 1.54) is 32.6 Å². The summed E-state index contributed by atoms with van der Waals surface area (Å²) < 4.78 is 0. The lowest BCUT2D eigenvalue weighted by molar-refractivity contribution is -0.114. The van der Waals surface area contributed by atoms with E-state index in [0.29, 0.717) is 5.02 Å². The van der Waals surface area contributed by atoms with E-state index in [4.69, 9.17) is 11.6 Å². The Kier molecular flexibility index (Phi) is 6.19. The van der Waals surface area contributed by atoms with Crippen molar-refractivity contribution in [3.05, 3.63) is 41.7 Å². The highest BCUT2D eigenvalue weighted by molar-refractivity contribution is 6.30. The van der Waals surface area contributed by atoms with Gasteiger partial charge in [-0.1, -0.05) is 11.6 Å². The molecule has 4 rings (SSSR count). The summed E-state index contributed by atoms with van der Waals surface area (Å²) in [5, 5.41) is 6.88. The number of nitrogens with one attached hydrogen (secondary N) is 2. The Morgan fingerprint density at radius 1 is 1.14 bits per heavy atom. The molecular weight excluding hydrogens is 386 g/mol. The molecule has 29 heavy (non-hydrogen) atoms. The molecule has 1 aliphatic heterocycles. The minimum absolute atomic E-state index is 0.0444. The molecule has 1 saturated carbocycles. The lowest BCUT2D eigenvalue weighted by Crippen LogP contribution is -2.35. The monoisotopic (exact) mass is 413 g/mol. The van der Waals surface area contributed by atoms with Crippen LogP contribution in [0.2, 0.25) is 5.02 Å². The van der Waals surface area contributed by atoms with Crippen LogP contribution in [0.3, 0.4) is 0 Å². The quantitative estimate of drug-likeness (QED) is 0.702. The van der Waals surface area contributed by atoms with Crippen LogP contribution in [0.4, 0.5) is 17.3 Å². The van der Waals surface area contributed by atoms with Gasteiger partial charge in [-0.3, -0.25) is 4.79 Å². The van der Waals surface area contributed by atoms with Gasteiger partial charge in [-0.2, -0.15) is 0 Å². The van der Waals surface area contributed by atoms with E-state index in [0.717, 1.165) is 54.7 Å². The summed E-state index contributed by atoms with van der Waals surface area (Å²) in [5.41, 5.74) is 1.94. The number of carbonyl (C=O) groups excluding carboxylic acids is 1. The minimum Gasteiger partial charge on any atom is -0.385 e. The van der Waals surface area contributed by atoms with Crippen molar-refractivity contribution in [1.82, 2.24) is 9.97 Å². The molecule has 2 heterocycles. The number of hydrogen-bond donors (Lipinski definition) is 2. The Hall–Kier alpha value is -2.34. The lowest BCUT2D eigenvalue weighted by Gasteiger charge is -2.32. The Morgan fingerprint density at radius 2 is 1.79 bits per heavy atom. The lowest BCUT2D eigenvalue weighted by atomic mass is 9.90. The number of aromatic nitrogens is 2. The molecule has 2 N–H and O–H groups in total. The second-order valence-electron chi connectivity index (χ2n) is 8.16. The number of amides is 1. The van der Waals surface area contributed by atoms with Crippen LogP contribution in [0.1, 0.15) is 32.6 Å². The Morgan fingerprint density at radius 3 is 2.45 bits per heavy atom. The van der Waals surface area contributed by atoms with Crippen molar-refractivity contribution < 1.29 is 4.79 Å². The molecule has 0 spiro atoms. The molecule has 154 valence electrons. The minimum atomic E-state index is -0.0444. The summed E-state index contributed by atoms with van der Waals surface area (Å²) in [7, 11) is 0. The largest absolute Gasteiger partial charge is 0.385 e. The van der Waals surface area contributed by atoms with Crippen molar-refractivity contribution in [1.29, 1.82) is 0 Å². The average molecular weight is 414 g/mol. The molecule has 0 unspecified atom stereocenters. The SMILES string of the molecule is CC(=O)Nc1ccc(NCC[C@@H]2C[C@@H]2C2CCN(c3ncc(Cl)cn3)CC2)cc1. The summed E-state index contributed by atoms with van der Waals surface area (Å²) in [6.07, 6.45) is 8.39. The summed E-state index contributed by atoms with van der Waals surface area (Å²) >= 11 is 5.88. The maximum atomic E-state index is 11.1. The third-order valence-corrected chi connectivity index (χ3v) is 6.26. The maximum Gasteiger partial charge on any atom is 0.225 e. The molecular formula is C22H28ClN5O. The molecule has 2 atom stereocenters. The summed E-state index contributed by atoms with van der Waals surface area (Å²) in [4.78, 5) is 22.0. The molecule has 2 fully saturated rings. The molecule has 1 amide bonds. The number of hydrogen-bond acceptors (Lipinski definition) is 5. The van der Waals surface area contributed by atoms with Gasteiger partial charge in [-0.05, 0) is 67.7 Å². The summed E-state index contributed by atoms with van der Waals surface area (Å²) in [5.74, 6) is 3.32. The van der Waals surface area contributed by atoms with Crippen LogP contribution in [0.5, 0.6) is 0 Å². The molecule has 2 aliphatic rings. The third kappa shape index (κ3) is 5.38. The van der Waals surface area contributed by atoms with E-state index >= 15 is 0 Å². The highest BCUT2D eigenvalue weighted by Gasteiger charge is 2.43. The average Bonchev–Trinajstić information content (AvgIpc) is 3.49. The van der Waals surface area contributed by atoms with Crippen LogP contribution in [0.15, 0.2) is 36.7 Å². The summed E-state index contributed by atoms with van der Waals surface area (Å²) in [6.45, 7) is 4.59. The molecule has 0 bridgehead atoms. The first-order valence-corrected chi connectivity index (χ1v) is 10.8. The topological polar surface area (TPSA) is 70.2 Å². The maximum absolute atomic E-state index is 11.1. The van der Waals surface area contributed by atoms with E-state index in [2.05, 4.69) is 25.5 Å². The molecule has 2 aromatic rings. The first-order chi connectivity index (χ1) is 14.1. The zero-order valence-electron chi connectivity index (χ0n) is 16.8. The van der Waals surface area contributed by atoms with Crippen LogP contribution in [-0.2, 0) is 4.79 Å². The van der Waals surface area contributed by atoms with Crippen LogP contribution >= 0.6 is 11.6 Å². The number of halogens is 1. The van der Waals surface area contributed by atoms with Crippen molar-refractivity contribution >= 4 is 34.8 Å². The van der Waals surface area contributed by atoms with Gasteiger partial charge in [0.05, 0.1) is 17.4 Å². The molecule has 1 aromatic heterocycles. The number of nitrogens with zero attached hydrogens (tertiary/aromatic N) is 3.